The van der Waals surface area contributed by atoms with Crippen LogP contribution >= 0.6 is 11.6 Å². The van der Waals surface area contributed by atoms with E-state index in [0.717, 1.165) is 47.7 Å². The number of hydrogen-bond donors (Lipinski definition) is 0. The first-order chi connectivity index (χ1) is 16.3. The number of ether oxygens (including phenoxy) is 2. The molecule has 1 heterocycles. The van der Waals surface area contributed by atoms with Crippen molar-refractivity contribution in [2.75, 3.05) is 6.61 Å². The van der Waals surface area contributed by atoms with Crippen LogP contribution in [0.25, 0.3) is 21.8 Å². The van der Waals surface area contributed by atoms with E-state index in [2.05, 4.69) is 47.0 Å². The van der Waals surface area contributed by atoms with E-state index in [9.17, 15) is 0 Å². The quantitative estimate of drug-likeness (QED) is 0.219. The standard InChI is InChI=1S/C28H25ClN2O2/c29-23-12-15-24(16-13-23)33-20-28-30-26-9-3-4-10-27(26)31(28)17-5-6-18-32-25-14-11-21-7-1-2-8-22(21)19-25/h1-4,7-16,19H,5-6,17-18,20H2. The molecule has 0 aliphatic heterocycles. The number of para-hydroxylation sites is 2. The molecule has 0 saturated carbocycles. The van der Waals surface area contributed by atoms with E-state index < -0.39 is 0 Å². The van der Waals surface area contributed by atoms with Crippen molar-refractivity contribution in [3.05, 3.63) is 102 Å². The van der Waals surface area contributed by atoms with Crippen LogP contribution in [0.2, 0.25) is 5.02 Å². The van der Waals surface area contributed by atoms with Gasteiger partial charge in [-0.25, -0.2) is 4.98 Å². The van der Waals surface area contributed by atoms with Gasteiger partial charge in [0.05, 0.1) is 17.6 Å². The highest BCUT2D eigenvalue weighted by atomic mass is 35.5. The zero-order chi connectivity index (χ0) is 22.5. The molecule has 0 N–H and O–H groups in total. The van der Waals surface area contributed by atoms with E-state index in [1.54, 1.807) is 0 Å². The summed E-state index contributed by atoms with van der Waals surface area (Å²) < 4.78 is 14.2. The molecular weight excluding hydrogens is 432 g/mol. The number of hydrogen-bond acceptors (Lipinski definition) is 3. The lowest BCUT2D eigenvalue weighted by Gasteiger charge is -2.11. The van der Waals surface area contributed by atoms with Crippen LogP contribution in [-0.2, 0) is 13.2 Å². The van der Waals surface area contributed by atoms with Gasteiger partial charge in [-0.2, -0.15) is 0 Å². The molecule has 5 rings (SSSR count). The Morgan fingerprint density at radius 2 is 1.48 bits per heavy atom. The largest absolute Gasteiger partial charge is 0.494 e. The fourth-order valence-corrected chi connectivity index (χ4v) is 4.11. The van der Waals surface area contributed by atoms with Gasteiger partial charge in [-0.05, 0) is 72.1 Å². The molecule has 4 aromatic carbocycles. The summed E-state index contributed by atoms with van der Waals surface area (Å²) in [6, 6.07) is 30.2. The fraction of sp³-hybridized carbons (Fsp3) is 0.179. The number of aryl methyl sites for hydroxylation is 1. The maximum atomic E-state index is 6.01. The Kier molecular flexibility index (Phi) is 6.45. The molecule has 1 aromatic heterocycles. The van der Waals surface area contributed by atoms with Gasteiger partial charge in [-0.15, -0.1) is 0 Å². The van der Waals surface area contributed by atoms with Crippen LogP contribution in [0.1, 0.15) is 18.7 Å². The SMILES string of the molecule is Clc1ccc(OCc2nc3ccccc3n2CCCCOc2ccc3ccccc3c2)cc1. The van der Waals surface area contributed by atoms with Crippen molar-refractivity contribution in [3.63, 3.8) is 0 Å². The minimum absolute atomic E-state index is 0.407. The monoisotopic (exact) mass is 456 g/mol. The highest BCUT2D eigenvalue weighted by molar-refractivity contribution is 6.30. The normalized spacial score (nSPS) is 11.2. The first-order valence-electron chi connectivity index (χ1n) is 11.2. The summed E-state index contributed by atoms with van der Waals surface area (Å²) in [5.74, 6) is 2.61. The molecule has 0 saturated heterocycles. The number of halogens is 1. The fourth-order valence-electron chi connectivity index (χ4n) is 3.98. The van der Waals surface area contributed by atoms with Crippen LogP contribution in [-0.4, -0.2) is 16.2 Å². The van der Waals surface area contributed by atoms with Gasteiger partial charge in [0, 0.05) is 11.6 Å². The summed E-state index contributed by atoms with van der Waals surface area (Å²) in [6.45, 7) is 1.95. The lowest BCUT2D eigenvalue weighted by atomic mass is 10.1. The Labute approximate surface area is 198 Å². The van der Waals surface area contributed by atoms with E-state index in [1.807, 2.05) is 48.5 Å². The van der Waals surface area contributed by atoms with Crippen molar-refractivity contribution in [2.45, 2.75) is 26.0 Å². The van der Waals surface area contributed by atoms with Crippen molar-refractivity contribution in [2.24, 2.45) is 0 Å². The topological polar surface area (TPSA) is 36.3 Å². The van der Waals surface area contributed by atoms with E-state index in [1.165, 1.54) is 10.8 Å². The van der Waals surface area contributed by atoms with E-state index in [0.29, 0.717) is 18.2 Å². The highest BCUT2D eigenvalue weighted by Gasteiger charge is 2.11. The van der Waals surface area contributed by atoms with Gasteiger partial charge in [0.1, 0.15) is 23.9 Å². The van der Waals surface area contributed by atoms with Gasteiger partial charge in [0.2, 0.25) is 0 Å². The van der Waals surface area contributed by atoms with Crippen LogP contribution in [0.3, 0.4) is 0 Å². The van der Waals surface area contributed by atoms with Crippen molar-refractivity contribution in [1.29, 1.82) is 0 Å². The number of nitrogens with zero attached hydrogens (tertiary/aromatic N) is 2. The average Bonchev–Trinajstić information content (AvgIpc) is 3.21. The average molecular weight is 457 g/mol. The smallest absolute Gasteiger partial charge is 0.147 e. The van der Waals surface area contributed by atoms with Crippen molar-refractivity contribution in [3.8, 4) is 11.5 Å². The zero-order valence-corrected chi connectivity index (χ0v) is 19.0. The Bertz CT molecular complexity index is 1360. The molecule has 0 atom stereocenters. The van der Waals surface area contributed by atoms with Gasteiger partial charge >= 0.3 is 0 Å². The van der Waals surface area contributed by atoms with Gasteiger partial charge in [0.25, 0.3) is 0 Å². The lowest BCUT2D eigenvalue weighted by Crippen LogP contribution is -2.08. The van der Waals surface area contributed by atoms with E-state index >= 15 is 0 Å². The van der Waals surface area contributed by atoms with Gasteiger partial charge in [-0.1, -0.05) is 54.1 Å². The first-order valence-corrected chi connectivity index (χ1v) is 11.6. The Hall–Kier alpha value is -3.50. The van der Waals surface area contributed by atoms with Crippen LogP contribution in [0.5, 0.6) is 11.5 Å². The summed E-state index contributed by atoms with van der Waals surface area (Å²) in [5.41, 5.74) is 2.11. The number of unbranched alkanes of at least 4 members (excludes halogenated alkanes) is 1. The predicted octanol–water partition coefficient (Wildman–Crippen LogP) is 7.28. The number of imidazole rings is 1. The molecule has 0 unspecified atom stereocenters. The molecule has 5 heteroatoms. The molecular formula is C28H25ClN2O2. The second-order valence-corrected chi connectivity index (χ2v) is 8.41. The van der Waals surface area contributed by atoms with Crippen LogP contribution < -0.4 is 9.47 Å². The van der Waals surface area contributed by atoms with Crippen LogP contribution in [0.15, 0.2) is 91.0 Å². The summed E-state index contributed by atoms with van der Waals surface area (Å²) in [7, 11) is 0. The Balaban J connectivity index is 1.20. The van der Waals surface area contributed by atoms with Crippen molar-refractivity contribution < 1.29 is 9.47 Å². The number of benzene rings is 4. The Morgan fingerprint density at radius 1 is 0.727 bits per heavy atom. The number of fused-ring (bicyclic) bond motifs is 2. The minimum Gasteiger partial charge on any atom is -0.494 e. The molecule has 5 aromatic rings. The number of aromatic nitrogens is 2. The predicted molar refractivity (Wildman–Crippen MR) is 134 cm³/mol. The maximum Gasteiger partial charge on any atom is 0.147 e. The minimum atomic E-state index is 0.407. The molecule has 4 nitrogen and oxygen atoms in total. The molecule has 0 spiro atoms. The van der Waals surface area contributed by atoms with Crippen LogP contribution in [0.4, 0.5) is 0 Å². The van der Waals surface area contributed by atoms with E-state index in [-0.39, 0.29) is 0 Å². The summed E-state index contributed by atoms with van der Waals surface area (Å²) in [6.07, 6.45) is 1.94. The molecule has 0 aliphatic rings. The molecule has 0 radical (unpaired) electrons. The van der Waals surface area contributed by atoms with Gasteiger partial charge in [0.15, 0.2) is 0 Å². The van der Waals surface area contributed by atoms with Crippen molar-refractivity contribution in [1.82, 2.24) is 9.55 Å². The third kappa shape index (κ3) is 5.12. The van der Waals surface area contributed by atoms with Crippen molar-refractivity contribution >= 4 is 33.4 Å². The lowest BCUT2D eigenvalue weighted by molar-refractivity contribution is 0.285. The molecule has 0 fully saturated rings. The summed E-state index contributed by atoms with van der Waals surface area (Å²) in [5, 5.41) is 3.12. The second-order valence-electron chi connectivity index (χ2n) is 7.98. The third-order valence-electron chi connectivity index (χ3n) is 5.68. The zero-order valence-electron chi connectivity index (χ0n) is 18.3. The molecule has 0 bridgehead atoms. The van der Waals surface area contributed by atoms with Gasteiger partial charge < -0.3 is 14.0 Å². The summed E-state index contributed by atoms with van der Waals surface area (Å²) in [4.78, 5) is 4.80. The van der Waals surface area contributed by atoms with Crippen LogP contribution in [0, 0.1) is 0 Å². The molecule has 0 amide bonds. The van der Waals surface area contributed by atoms with Gasteiger partial charge in [-0.3, -0.25) is 0 Å². The first kappa shape index (κ1) is 21.4. The Morgan fingerprint density at radius 3 is 2.36 bits per heavy atom. The molecule has 33 heavy (non-hydrogen) atoms. The molecule has 166 valence electrons. The highest BCUT2D eigenvalue weighted by Crippen LogP contribution is 2.22. The number of rotatable bonds is 9. The maximum absolute atomic E-state index is 6.01. The molecule has 0 aliphatic carbocycles. The third-order valence-corrected chi connectivity index (χ3v) is 5.93. The second kappa shape index (κ2) is 9.97. The summed E-state index contributed by atoms with van der Waals surface area (Å²) >= 11 is 5.97. The van der Waals surface area contributed by atoms with E-state index in [4.69, 9.17) is 26.1 Å².